The van der Waals surface area contributed by atoms with Gasteiger partial charge in [0.05, 0.1) is 22.2 Å². The van der Waals surface area contributed by atoms with Crippen LogP contribution in [-0.4, -0.2) is 4.57 Å². The summed E-state index contributed by atoms with van der Waals surface area (Å²) < 4.78 is 11.4. The highest BCUT2D eigenvalue weighted by Gasteiger charge is 2.50. The van der Waals surface area contributed by atoms with E-state index in [9.17, 15) is 0 Å². The number of halogens is 2. The molecule has 1 aliphatic heterocycles. The van der Waals surface area contributed by atoms with Crippen LogP contribution < -0.4 is 4.90 Å². The largest absolute Gasteiger partial charge is 0.360 e. The SMILES string of the molecule is CC1(C)OC2(CCCC2)c2ccc(-c3cc(N(c4ccc(Br)cc4)c4ccc(Br)cc4)cc(-n4c5ccccc5c5ccccc54)c3)cc21. The fourth-order valence-corrected chi connectivity index (χ4v) is 8.91. The standard InChI is InChI=1S/C44H36Br2N2O/c1-43(2)40-27-29(13-22-39(40)44(49-43)23-7-8-24-44)30-25-35(47(33-18-14-31(45)15-19-33)34-20-16-32(46)17-21-34)28-36(26-30)48-41-11-5-3-9-37(41)38-10-4-6-12-42(38)48/h3-6,9-22,25-28H,7-8,23-24H2,1-2H3. The first-order chi connectivity index (χ1) is 23.8. The van der Waals surface area contributed by atoms with Crippen molar-refractivity contribution in [1.82, 2.24) is 4.57 Å². The van der Waals surface area contributed by atoms with Gasteiger partial charge in [-0.25, -0.2) is 0 Å². The van der Waals surface area contributed by atoms with Crippen LogP contribution in [0.4, 0.5) is 17.1 Å². The molecular weight excluding hydrogens is 732 g/mol. The molecule has 6 aromatic carbocycles. The van der Waals surface area contributed by atoms with Crippen LogP contribution in [0.3, 0.4) is 0 Å². The molecular formula is C44H36Br2N2O. The summed E-state index contributed by atoms with van der Waals surface area (Å²) in [7, 11) is 0. The molecule has 7 aromatic rings. The van der Waals surface area contributed by atoms with Crippen LogP contribution in [0.25, 0.3) is 38.6 Å². The van der Waals surface area contributed by atoms with Gasteiger partial charge in [0.1, 0.15) is 0 Å². The number of fused-ring (bicyclic) bond motifs is 5. The molecule has 1 spiro atoms. The lowest BCUT2D eigenvalue weighted by Crippen LogP contribution is -2.25. The van der Waals surface area contributed by atoms with E-state index in [0.29, 0.717) is 0 Å². The predicted octanol–water partition coefficient (Wildman–Crippen LogP) is 13.5. The van der Waals surface area contributed by atoms with E-state index in [1.54, 1.807) is 0 Å². The van der Waals surface area contributed by atoms with Crippen molar-refractivity contribution in [2.75, 3.05) is 4.90 Å². The summed E-state index contributed by atoms with van der Waals surface area (Å²) in [6.07, 6.45) is 4.66. The zero-order valence-electron chi connectivity index (χ0n) is 27.6. The highest BCUT2D eigenvalue weighted by Crippen LogP contribution is 2.55. The summed E-state index contributed by atoms with van der Waals surface area (Å²) in [6, 6.07) is 48.8. The first-order valence-electron chi connectivity index (χ1n) is 17.1. The maximum absolute atomic E-state index is 6.91. The number of aromatic nitrogens is 1. The quantitative estimate of drug-likeness (QED) is 0.174. The molecule has 0 unspecified atom stereocenters. The topological polar surface area (TPSA) is 17.4 Å². The zero-order valence-corrected chi connectivity index (χ0v) is 30.8. The van der Waals surface area contributed by atoms with Crippen molar-refractivity contribution in [2.45, 2.75) is 50.7 Å². The minimum atomic E-state index is -0.343. The zero-order chi connectivity index (χ0) is 33.3. The summed E-state index contributed by atoms with van der Waals surface area (Å²) in [5, 5.41) is 2.50. The molecule has 1 aromatic heterocycles. The molecule has 0 N–H and O–H groups in total. The van der Waals surface area contributed by atoms with Crippen LogP contribution in [0, 0.1) is 0 Å². The van der Waals surface area contributed by atoms with Gasteiger partial charge in [-0.15, -0.1) is 0 Å². The molecule has 0 radical (unpaired) electrons. The Labute approximate surface area is 304 Å². The van der Waals surface area contributed by atoms with Crippen LogP contribution in [-0.2, 0) is 15.9 Å². The maximum Gasteiger partial charge on any atom is 0.0946 e. The fourth-order valence-electron chi connectivity index (χ4n) is 8.38. The third-order valence-electron chi connectivity index (χ3n) is 10.5. The summed E-state index contributed by atoms with van der Waals surface area (Å²) in [5.41, 5.74) is 11.3. The first kappa shape index (κ1) is 30.9. The summed E-state index contributed by atoms with van der Waals surface area (Å²) in [4.78, 5) is 2.35. The van der Waals surface area contributed by atoms with Gasteiger partial charge >= 0.3 is 0 Å². The van der Waals surface area contributed by atoms with E-state index >= 15 is 0 Å². The van der Waals surface area contributed by atoms with Gasteiger partial charge in [-0.2, -0.15) is 0 Å². The van der Waals surface area contributed by atoms with Gasteiger partial charge < -0.3 is 14.2 Å². The molecule has 242 valence electrons. The van der Waals surface area contributed by atoms with E-state index in [0.717, 1.165) is 44.5 Å². The maximum atomic E-state index is 6.91. The Morgan fingerprint density at radius 3 is 1.73 bits per heavy atom. The van der Waals surface area contributed by atoms with Crippen molar-refractivity contribution < 1.29 is 4.74 Å². The number of nitrogens with zero attached hydrogens (tertiary/aromatic N) is 2. The number of rotatable bonds is 5. The average molecular weight is 769 g/mol. The second kappa shape index (κ2) is 11.7. The molecule has 2 heterocycles. The smallest absolute Gasteiger partial charge is 0.0946 e. The lowest BCUT2D eigenvalue weighted by molar-refractivity contribution is -0.122. The number of hydrogen-bond acceptors (Lipinski definition) is 2. The molecule has 5 heteroatoms. The molecule has 0 atom stereocenters. The van der Waals surface area contributed by atoms with Crippen molar-refractivity contribution in [3.63, 3.8) is 0 Å². The Morgan fingerprint density at radius 1 is 0.571 bits per heavy atom. The Morgan fingerprint density at radius 2 is 1.14 bits per heavy atom. The summed E-state index contributed by atoms with van der Waals surface area (Å²) in [5.74, 6) is 0. The van der Waals surface area contributed by atoms with Crippen LogP contribution in [0.15, 0.2) is 142 Å². The van der Waals surface area contributed by atoms with Crippen molar-refractivity contribution in [2.24, 2.45) is 0 Å². The Balaban J connectivity index is 1.31. The van der Waals surface area contributed by atoms with E-state index < -0.39 is 0 Å². The van der Waals surface area contributed by atoms with Gasteiger partial charge in [-0.05, 0) is 134 Å². The Kier molecular flexibility index (Phi) is 7.39. The molecule has 0 bridgehead atoms. The monoisotopic (exact) mass is 766 g/mol. The molecule has 1 saturated carbocycles. The number of hydrogen-bond donors (Lipinski definition) is 0. The van der Waals surface area contributed by atoms with E-state index in [4.69, 9.17) is 4.74 Å². The summed E-state index contributed by atoms with van der Waals surface area (Å²) >= 11 is 7.32. The third kappa shape index (κ3) is 5.17. The number of para-hydroxylation sites is 2. The minimum Gasteiger partial charge on any atom is -0.360 e. The van der Waals surface area contributed by atoms with Crippen molar-refractivity contribution in [3.8, 4) is 16.8 Å². The molecule has 1 aliphatic carbocycles. The van der Waals surface area contributed by atoms with Gasteiger partial charge in [-0.1, -0.05) is 93.2 Å². The van der Waals surface area contributed by atoms with Gasteiger partial charge in [0, 0.05) is 42.5 Å². The van der Waals surface area contributed by atoms with Crippen LogP contribution in [0.5, 0.6) is 0 Å². The average Bonchev–Trinajstić information content (AvgIpc) is 3.78. The van der Waals surface area contributed by atoms with Crippen molar-refractivity contribution in [3.05, 3.63) is 154 Å². The molecule has 0 amide bonds. The fraction of sp³-hybridized carbons (Fsp3) is 0.182. The van der Waals surface area contributed by atoms with E-state index in [1.165, 1.54) is 56.9 Å². The van der Waals surface area contributed by atoms with E-state index in [-0.39, 0.29) is 11.2 Å². The summed E-state index contributed by atoms with van der Waals surface area (Å²) in [6.45, 7) is 4.48. The third-order valence-corrected chi connectivity index (χ3v) is 11.6. The molecule has 0 saturated heterocycles. The molecule has 3 nitrogen and oxygen atoms in total. The van der Waals surface area contributed by atoms with Gasteiger partial charge in [-0.3, -0.25) is 0 Å². The van der Waals surface area contributed by atoms with Crippen LogP contribution >= 0.6 is 31.9 Å². The number of anilines is 3. The number of benzene rings is 6. The Hall–Kier alpha value is -4.16. The van der Waals surface area contributed by atoms with Gasteiger partial charge in [0.25, 0.3) is 0 Å². The molecule has 9 rings (SSSR count). The Bertz CT molecular complexity index is 2270. The highest BCUT2D eigenvalue weighted by atomic mass is 79.9. The lowest BCUT2D eigenvalue weighted by Gasteiger charge is -2.28. The highest BCUT2D eigenvalue weighted by molar-refractivity contribution is 9.10. The van der Waals surface area contributed by atoms with Crippen LogP contribution in [0.2, 0.25) is 0 Å². The second-order valence-corrected chi connectivity index (χ2v) is 15.8. The second-order valence-electron chi connectivity index (χ2n) is 14.0. The molecule has 1 fully saturated rings. The molecule has 2 aliphatic rings. The van der Waals surface area contributed by atoms with E-state index in [1.807, 2.05) is 0 Å². The molecule has 49 heavy (non-hydrogen) atoms. The lowest BCUT2D eigenvalue weighted by atomic mass is 9.85. The van der Waals surface area contributed by atoms with Crippen molar-refractivity contribution in [1.29, 1.82) is 0 Å². The number of ether oxygens (including phenoxy) is 1. The van der Waals surface area contributed by atoms with Gasteiger partial charge in [0.15, 0.2) is 0 Å². The van der Waals surface area contributed by atoms with E-state index in [2.05, 4.69) is 189 Å². The first-order valence-corrected chi connectivity index (χ1v) is 18.7. The van der Waals surface area contributed by atoms with Crippen LogP contribution in [0.1, 0.15) is 50.7 Å². The predicted molar refractivity (Wildman–Crippen MR) is 211 cm³/mol. The van der Waals surface area contributed by atoms with Crippen molar-refractivity contribution >= 4 is 70.7 Å². The minimum absolute atomic E-state index is 0.146. The normalized spacial score (nSPS) is 16.1. The van der Waals surface area contributed by atoms with Gasteiger partial charge in [0.2, 0.25) is 0 Å².